The van der Waals surface area contributed by atoms with Crippen molar-refractivity contribution < 1.29 is 96.1 Å². The van der Waals surface area contributed by atoms with Gasteiger partial charge in [-0.3, -0.25) is 60.0 Å². The number of nitrogens with one attached hydrogen (secondary N) is 4. The number of ketones is 4. The summed E-state index contributed by atoms with van der Waals surface area (Å²) < 4.78 is 152. The summed E-state index contributed by atoms with van der Waals surface area (Å²) in [5, 5.41) is 19.6. The Labute approximate surface area is 683 Å². The molecule has 41 heteroatoms. The lowest BCUT2D eigenvalue weighted by Gasteiger charge is -2.35. The largest absolute Gasteiger partial charge is 0.414 e. The Bertz CT molecular complexity index is 5030. The van der Waals surface area contributed by atoms with Crippen LogP contribution in [0.15, 0.2) is 122 Å². The lowest BCUT2D eigenvalue weighted by Crippen LogP contribution is -2.48. The van der Waals surface area contributed by atoms with Crippen LogP contribution in [0, 0.1) is 28.7 Å². The Hall–Kier alpha value is -12.7. The van der Waals surface area contributed by atoms with Gasteiger partial charge in [-0.2, -0.15) is 26.3 Å². The molecule has 8 aromatic rings. The number of halogens is 12. The number of carbonyl (C=O) groups is 8. The van der Waals surface area contributed by atoms with Crippen molar-refractivity contribution in [2.45, 2.75) is 147 Å². The molecule has 8 bridgehead atoms. The molecule has 29 nitrogen and oxygen atoms in total. The molecule has 638 valence electrons. The Kier molecular flexibility index (Phi) is 25.7. The van der Waals surface area contributed by atoms with E-state index in [4.69, 9.17) is 5.11 Å². The van der Waals surface area contributed by atoms with Gasteiger partial charge in [0.2, 0.25) is 6.43 Å². The summed E-state index contributed by atoms with van der Waals surface area (Å²) in [5.41, 5.74) is 3.04. The van der Waals surface area contributed by atoms with Crippen LogP contribution in [0.25, 0.3) is 0 Å². The molecule has 8 aliphatic heterocycles. The minimum Gasteiger partial charge on any atom is -0.384 e. The van der Waals surface area contributed by atoms with Crippen LogP contribution in [0.4, 0.5) is 141 Å². The number of anilines is 12. The molecular formula is C80H80F12N20O9. The molecular weight excluding hydrogens is 1610 g/mol. The van der Waals surface area contributed by atoms with E-state index < -0.39 is 116 Å². The number of Topliss-reactive ketones (excluding diaryl/α,β-unsaturated/α-hetero) is 4. The van der Waals surface area contributed by atoms with E-state index in [1.54, 1.807) is 29.2 Å². The molecule has 0 aromatic carbocycles. The molecule has 8 amide bonds. The van der Waals surface area contributed by atoms with E-state index in [9.17, 15) is 91.0 Å². The van der Waals surface area contributed by atoms with Crippen LogP contribution < -0.4 is 60.5 Å². The summed E-state index contributed by atoms with van der Waals surface area (Å²) in [6.45, 7) is 11.7. The number of amides is 8. The fourth-order valence-corrected chi connectivity index (χ4v) is 14.9. The molecule has 5 N–H and O–H groups in total. The lowest BCUT2D eigenvalue weighted by atomic mass is 9.89. The topological polar surface area (TPSA) is 334 Å². The number of hydrogen-bond acceptors (Lipinski definition) is 21. The van der Waals surface area contributed by atoms with Crippen molar-refractivity contribution in [2.75, 3.05) is 113 Å². The number of aliphatic hydroxyl groups is 1. The third-order valence-corrected chi connectivity index (χ3v) is 21.0. The van der Waals surface area contributed by atoms with Gasteiger partial charge in [0.25, 0.3) is 0 Å². The van der Waals surface area contributed by atoms with E-state index in [2.05, 4.69) is 91.7 Å². The van der Waals surface area contributed by atoms with Crippen molar-refractivity contribution >= 4 is 117 Å². The van der Waals surface area contributed by atoms with Crippen molar-refractivity contribution in [3.05, 3.63) is 168 Å². The average molecular weight is 1690 g/mol. The normalized spacial score (nSPS) is 17.8. The first-order valence-corrected chi connectivity index (χ1v) is 38.6. The van der Waals surface area contributed by atoms with E-state index >= 15 is 0 Å². The van der Waals surface area contributed by atoms with E-state index in [1.165, 1.54) is 69.3 Å². The van der Waals surface area contributed by atoms with Crippen LogP contribution in [0.3, 0.4) is 0 Å². The standard InChI is InChI=1S/C22H26FN5O2.C20H19F4N5O3.C19H17F4N5O2.C19H18F3N5O2/c1-22(2,3)10-8-18(29)16-5-6-17-20(25-16)28(15-9-11-27(17)13-15)21(30)26-19-7-4-14(23)12-24-19;21-11-1-6-17(25-9-11)27-19(32)29-12-7-8-28(10-12)14-3-2-13(26-18(14)29)15(30)4-5-16(31)20(22,23)24;20-11-1-4-16(24-9-11)26-18(30)28-12-6-8-27(10-12)14-3-2-13(25-17(14)28)15(29)5-7-19(21,22)23;20-11-1-6-17(23-9-11)25-19(29)27-12-7-8-26(10-12)14-3-2-13(24-18(14)27)15(28)4-5-16(21)22/h4-7,12,15H,8-11,13H2,1-3H3,(H,24,26,30);1-3,6,9,12,16,31H,4-5,7-8,10H2,(H,25,27,32);1-4,9,12H,5-8,10H2,(H,24,26,30);1-3,6,9,12,16H,4-5,7-8,10H2,(H,23,25,29)/t15-;12-,16+;2*12-/m0000/s1. The SMILES string of the molecule is CC(C)(C)CCC(=O)c1ccc2c(n1)N(C(=O)Nc1ccc(F)cn1)[C@H]1CCN2C1.O=C(CCC(F)(F)F)c1ccc2c(n1)N(C(=O)Nc1ccc(F)cn1)[C@H]1CCN2C1.O=C(CCC(F)F)c1ccc2c(n1)N(C(=O)Nc1ccc(F)cn1)[C@H]1CCN2C1.O=C(CC[C@@H](O)C(F)(F)F)c1ccc2c(n1)N(C(=O)Nc1ccc(F)cn1)[C@H]1CCN2C1. The zero-order valence-electron chi connectivity index (χ0n) is 65.1. The predicted octanol–water partition coefficient (Wildman–Crippen LogP) is 14.6. The first-order chi connectivity index (χ1) is 57.5. The fourth-order valence-electron chi connectivity index (χ4n) is 14.9. The van der Waals surface area contributed by atoms with Crippen LogP contribution in [0.1, 0.15) is 140 Å². The van der Waals surface area contributed by atoms with Gasteiger partial charge in [-0.25, -0.2) is 85.4 Å². The zero-order chi connectivity index (χ0) is 86.5. The van der Waals surface area contributed by atoms with Gasteiger partial charge < -0.3 is 24.7 Å². The number of aliphatic hydroxyl groups excluding tert-OH is 1. The van der Waals surface area contributed by atoms with Crippen molar-refractivity contribution in [3.8, 4) is 0 Å². The Morgan fingerprint density at radius 2 is 0.653 bits per heavy atom. The van der Waals surface area contributed by atoms with Crippen LogP contribution >= 0.6 is 0 Å². The summed E-state index contributed by atoms with van der Waals surface area (Å²) >= 11 is 0. The van der Waals surface area contributed by atoms with Gasteiger partial charge in [0.1, 0.15) is 75.4 Å². The highest BCUT2D eigenvalue weighted by Gasteiger charge is 2.46. The molecule has 0 spiro atoms. The minimum absolute atomic E-state index is 0.0267. The second kappa shape index (κ2) is 36.1. The van der Waals surface area contributed by atoms with Gasteiger partial charge in [-0.15, -0.1) is 0 Å². The monoisotopic (exact) mass is 1690 g/mol. The predicted molar refractivity (Wildman–Crippen MR) is 420 cm³/mol. The van der Waals surface area contributed by atoms with Crippen molar-refractivity contribution in [1.82, 2.24) is 39.9 Å². The maximum Gasteiger partial charge on any atom is 0.414 e. The Morgan fingerprint density at radius 3 is 0.893 bits per heavy atom. The van der Waals surface area contributed by atoms with Gasteiger partial charge in [0, 0.05) is 84.5 Å². The molecule has 0 radical (unpaired) electrons. The number of nitrogens with zero attached hydrogens (tertiary/aromatic N) is 16. The molecule has 0 aliphatic carbocycles. The summed E-state index contributed by atoms with van der Waals surface area (Å²) in [6.07, 6.45) is -10.5. The molecule has 16 heterocycles. The van der Waals surface area contributed by atoms with Gasteiger partial charge in [-0.05, 0) is 141 Å². The van der Waals surface area contributed by atoms with Crippen molar-refractivity contribution in [3.63, 3.8) is 0 Å². The number of alkyl halides is 8. The number of carbonyl (C=O) groups excluding carboxylic acids is 8. The third-order valence-electron chi connectivity index (χ3n) is 21.0. The van der Waals surface area contributed by atoms with E-state index in [0.717, 1.165) is 81.5 Å². The molecule has 121 heavy (non-hydrogen) atoms. The first-order valence-electron chi connectivity index (χ1n) is 38.6. The lowest BCUT2D eigenvalue weighted by molar-refractivity contribution is -0.205. The van der Waals surface area contributed by atoms with E-state index in [-0.39, 0.29) is 99.8 Å². The second-order valence-electron chi connectivity index (χ2n) is 30.8. The Morgan fingerprint density at radius 1 is 0.388 bits per heavy atom. The van der Waals surface area contributed by atoms with Gasteiger partial charge in [0.15, 0.2) is 46.4 Å². The fraction of sp³-hybridized carbons (Fsp3) is 0.400. The third kappa shape index (κ3) is 20.8. The number of hydrogen-bond donors (Lipinski definition) is 5. The number of urea groups is 4. The summed E-state index contributed by atoms with van der Waals surface area (Å²) in [7, 11) is 0. The van der Waals surface area contributed by atoms with E-state index in [1.807, 2.05) is 15.9 Å². The molecule has 4 fully saturated rings. The second-order valence-corrected chi connectivity index (χ2v) is 30.8. The van der Waals surface area contributed by atoms with Crippen LogP contribution in [0.2, 0.25) is 0 Å². The number of fused-ring (bicyclic) bond motifs is 16. The van der Waals surface area contributed by atoms with Gasteiger partial charge in [-0.1, -0.05) is 20.8 Å². The molecule has 5 atom stereocenters. The van der Waals surface area contributed by atoms with Crippen molar-refractivity contribution in [2.24, 2.45) is 5.41 Å². The summed E-state index contributed by atoms with van der Waals surface area (Å²) in [6, 6.07) is 20.3. The highest BCUT2D eigenvalue weighted by Crippen LogP contribution is 2.45. The minimum atomic E-state index is -4.81. The molecule has 16 rings (SSSR count). The molecule has 8 aromatic heterocycles. The highest BCUT2D eigenvalue weighted by molar-refractivity contribution is 6.09. The summed E-state index contributed by atoms with van der Waals surface area (Å²) in [5.74, 6) is -2.11. The van der Waals surface area contributed by atoms with Crippen LogP contribution in [-0.4, -0.2) is 194 Å². The number of rotatable bonds is 18. The Balaban J connectivity index is 0.000000139. The number of aromatic nitrogens is 8. The maximum atomic E-state index is 13.1. The highest BCUT2D eigenvalue weighted by atomic mass is 19.4. The van der Waals surface area contributed by atoms with Gasteiger partial charge in [0.05, 0.1) is 78.1 Å². The summed E-state index contributed by atoms with van der Waals surface area (Å²) in [4.78, 5) is 148. The van der Waals surface area contributed by atoms with Crippen LogP contribution in [-0.2, 0) is 0 Å². The van der Waals surface area contributed by atoms with Gasteiger partial charge >= 0.3 is 36.5 Å². The molecule has 0 saturated carbocycles. The van der Waals surface area contributed by atoms with Crippen molar-refractivity contribution in [1.29, 1.82) is 0 Å². The number of pyridine rings is 8. The smallest absolute Gasteiger partial charge is 0.384 e. The zero-order valence-corrected chi connectivity index (χ0v) is 65.1. The first kappa shape index (κ1) is 86.1. The van der Waals surface area contributed by atoms with Crippen LogP contribution in [0.5, 0.6) is 0 Å². The molecule has 4 saturated heterocycles. The van der Waals surface area contributed by atoms with E-state index in [0.29, 0.717) is 86.4 Å². The average Bonchev–Trinajstić information content (AvgIpc) is 1.69. The molecule has 8 aliphatic rings. The quantitative estimate of drug-likeness (QED) is 0.0393. The molecule has 0 unspecified atom stereocenters. The maximum absolute atomic E-state index is 13.1.